The van der Waals surface area contributed by atoms with Crippen LogP contribution in [0, 0.1) is 17.7 Å². The van der Waals surface area contributed by atoms with E-state index in [0.717, 1.165) is 57.3 Å². The van der Waals surface area contributed by atoms with Gasteiger partial charge in [0, 0.05) is 30.9 Å². The summed E-state index contributed by atoms with van der Waals surface area (Å²) >= 11 is 0. The van der Waals surface area contributed by atoms with Gasteiger partial charge in [-0.1, -0.05) is 48.9 Å². The third-order valence-corrected chi connectivity index (χ3v) is 8.20. The molecule has 2 fully saturated rings. The number of nitrogens with two attached hydrogens (primary N) is 2. The molecule has 2 aliphatic rings. The number of halogens is 1. The van der Waals surface area contributed by atoms with Crippen LogP contribution in [0.4, 0.5) is 9.18 Å². The van der Waals surface area contributed by atoms with Gasteiger partial charge in [-0.2, -0.15) is 0 Å². The summed E-state index contributed by atoms with van der Waals surface area (Å²) in [6.45, 7) is 8.25. The minimum atomic E-state index is -0.771. The molecular weight excluding hydrogens is 493 g/mol. The summed E-state index contributed by atoms with van der Waals surface area (Å²) in [4.78, 5) is 15.4. The van der Waals surface area contributed by atoms with Crippen LogP contribution in [-0.4, -0.2) is 40.7 Å². The summed E-state index contributed by atoms with van der Waals surface area (Å²) in [5, 5.41) is 4.84. The third-order valence-electron chi connectivity index (χ3n) is 8.20. The SMILES string of the molecule is CC(C)(C)OC(=O)NC1CCCC1C(c1cccc(F)c1)(C1CCN(Cc2ccccc2)CC1)N(N)/C=C\N. The molecule has 212 valence electrons. The molecule has 1 heterocycles. The van der Waals surface area contributed by atoms with Crippen molar-refractivity contribution in [3.63, 3.8) is 0 Å². The van der Waals surface area contributed by atoms with Crippen LogP contribution in [0.2, 0.25) is 0 Å². The van der Waals surface area contributed by atoms with Crippen molar-refractivity contribution < 1.29 is 13.9 Å². The second kappa shape index (κ2) is 12.4. The molecule has 0 aromatic heterocycles. The van der Waals surface area contributed by atoms with Crippen molar-refractivity contribution in [3.8, 4) is 0 Å². The number of piperidine rings is 1. The first-order valence-corrected chi connectivity index (χ1v) is 14.1. The van der Waals surface area contributed by atoms with Gasteiger partial charge in [0.1, 0.15) is 11.4 Å². The Morgan fingerprint density at radius 3 is 2.46 bits per heavy atom. The minimum absolute atomic E-state index is 0.0707. The fraction of sp³-hybridized carbons (Fsp3) is 0.516. The monoisotopic (exact) mass is 537 g/mol. The van der Waals surface area contributed by atoms with Crippen LogP contribution in [-0.2, 0) is 16.8 Å². The summed E-state index contributed by atoms with van der Waals surface area (Å²) in [7, 11) is 0. The number of nitrogens with one attached hydrogen (secondary N) is 1. The highest BCUT2D eigenvalue weighted by Crippen LogP contribution is 2.52. The normalized spacial score (nSPS) is 22.5. The molecule has 2 aromatic rings. The average Bonchev–Trinajstić information content (AvgIpc) is 3.33. The van der Waals surface area contributed by atoms with E-state index in [4.69, 9.17) is 16.3 Å². The molecule has 5 N–H and O–H groups in total. The Kier molecular flexibility index (Phi) is 9.18. The van der Waals surface area contributed by atoms with Gasteiger partial charge in [0.2, 0.25) is 0 Å². The van der Waals surface area contributed by atoms with E-state index in [0.29, 0.717) is 0 Å². The van der Waals surface area contributed by atoms with Crippen molar-refractivity contribution in [2.45, 2.75) is 76.6 Å². The quantitative estimate of drug-likeness (QED) is 0.315. The molecule has 2 aromatic carbocycles. The number of likely N-dealkylation sites (tertiary alicyclic amines) is 1. The van der Waals surface area contributed by atoms with Crippen molar-refractivity contribution in [2.24, 2.45) is 23.4 Å². The molecule has 1 aliphatic carbocycles. The second-order valence-electron chi connectivity index (χ2n) is 11.9. The fourth-order valence-electron chi connectivity index (χ4n) is 6.75. The van der Waals surface area contributed by atoms with Gasteiger partial charge in [0.05, 0.1) is 5.54 Å². The standard InChI is InChI=1S/C31H44FN5O2/c1-30(2,3)39-29(38)35-28-14-8-13-27(28)31(37(34)20-17-33,25-11-7-12-26(32)21-25)24-15-18-36(19-16-24)22-23-9-5-4-6-10-23/h4-7,9-12,17,20-21,24,27-28H,8,13-16,18-19,22,33-34H2,1-3H3,(H,35,38)/b20-17-. The number of hydrazine groups is 1. The largest absolute Gasteiger partial charge is 0.444 e. The van der Waals surface area contributed by atoms with Gasteiger partial charge in [0.25, 0.3) is 0 Å². The number of amides is 1. The van der Waals surface area contributed by atoms with Crippen molar-refractivity contribution in [3.05, 3.63) is 83.9 Å². The van der Waals surface area contributed by atoms with Crippen molar-refractivity contribution in [1.82, 2.24) is 15.2 Å². The lowest BCUT2D eigenvalue weighted by Gasteiger charge is -2.54. The Bertz CT molecular complexity index is 1110. The molecule has 1 amide bonds. The van der Waals surface area contributed by atoms with Gasteiger partial charge in [-0.3, -0.25) is 4.90 Å². The number of rotatable bonds is 8. The predicted molar refractivity (Wildman–Crippen MR) is 152 cm³/mol. The van der Waals surface area contributed by atoms with Crippen LogP contribution in [0.1, 0.15) is 64.0 Å². The number of hydrogen-bond acceptors (Lipinski definition) is 6. The Morgan fingerprint density at radius 2 is 1.82 bits per heavy atom. The smallest absolute Gasteiger partial charge is 0.407 e. The first kappa shape index (κ1) is 28.9. The van der Waals surface area contributed by atoms with Crippen molar-refractivity contribution in [2.75, 3.05) is 13.1 Å². The fourth-order valence-corrected chi connectivity index (χ4v) is 6.75. The average molecular weight is 538 g/mol. The Labute approximate surface area is 232 Å². The van der Waals surface area contributed by atoms with Gasteiger partial charge >= 0.3 is 6.09 Å². The topological polar surface area (TPSA) is 96.8 Å². The molecule has 8 heteroatoms. The molecule has 3 unspecified atom stereocenters. The lowest BCUT2D eigenvalue weighted by molar-refractivity contribution is -0.0307. The van der Waals surface area contributed by atoms with Gasteiger partial charge in [0.15, 0.2) is 0 Å². The Balaban J connectivity index is 1.69. The number of alkyl carbamates (subject to hydrolysis) is 1. The van der Waals surface area contributed by atoms with E-state index < -0.39 is 17.2 Å². The second-order valence-corrected chi connectivity index (χ2v) is 11.9. The first-order valence-electron chi connectivity index (χ1n) is 14.1. The molecule has 39 heavy (non-hydrogen) atoms. The number of carbonyl (C=O) groups excluding carboxylic acids is 1. The number of hydrogen-bond donors (Lipinski definition) is 3. The van der Waals surface area contributed by atoms with E-state index in [1.54, 1.807) is 23.3 Å². The van der Waals surface area contributed by atoms with Crippen LogP contribution in [0.5, 0.6) is 0 Å². The van der Waals surface area contributed by atoms with Crippen molar-refractivity contribution >= 4 is 6.09 Å². The molecule has 1 aliphatic heterocycles. The molecule has 0 spiro atoms. The minimum Gasteiger partial charge on any atom is -0.444 e. The van der Waals surface area contributed by atoms with Gasteiger partial charge < -0.3 is 20.8 Å². The van der Waals surface area contributed by atoms with Gasteiger partial charge in [-0.25, -0.2) is 15.0 Å². The molecule has 4 rings (SSSR count). The summed E-state index contributed by atoms with van der Waals surface area (Å²) in [6, 6.07) is 17.1. The van der Waals surface area contributed by atoms with Crippen LogP contribution in [0.15, 0.2) is 67.0 Å². The van der Waals surface area contributed by atoms with Crippen LogP contribution >= 0.6 is 0 Å². The molecule has 0 bridgehead atoms. The van der Waals surface area contributed by atoms with Gasteiger partial charge in [-0.05, 0) is 88.7 Å². The van der Waals surface area contributed by atoms with E-state index in [1.165, 1.54) is 17.8 Å². The maximum atomic E-state index is 14.8. The lowest BCUT2D eigenvalue weighted by Crippen LogP contribution is -2.62. The zero-order chi connectivity index (χ0) is 28.0. The summed E-state index contributed by atoms with van der Waals surface area (Å²) in [5.41, 5.74) is 6.61. The summed E-state index contributed by atoms with van der Waals surface area (Å²) < 4.78 is 20.4. The number of carbonyl (C=O) groups is 1. The first-order chi connectivity index (χ1) is 18.6. The highest BCUT2D eigenvalue weighted by atomic mass is 19.1. The van der Waals surface area contributed by atoms with Crippen LogP contribution in [0.25, 0.3) is 0 Å². The predicted octanol–water partition coefficient (Wildman–Crippen LogP) is 5.23. The summed E-state index contributed by atoms with van der Waals surface area (Å²) in [6.07, 6.45) is 7.00. The molecular formula is C31H44FN5O2. The maximum Gasteiger partial charge on any atom is 0.407 e. The summed E-state index contributed by atoms with van der Waals surface area (Å²) in [5.74, 6) is 6.63. The molecule has 1 saturated carbocycles. The van der Waals surface area contributed by atoms with E-state index in [2.05, 4.69) is 34.5 Å². The van der Waals surface area contributed by atoms with Gasteiger partial charge in [-0.15, -0.1) is 0 Å². The molecule has 0 radical (unpaired) electrons. The Morgan fingerprint density at radius 1 is 1.10 bits per heavy atom. The highest BCUT2D eigenvalue weighted by Gasteiger charge is 2.54. The van der Waals surface area contributed by atoms with E-state index in [1.807, 2.05) is 32.9 Å². The number of ether oxygens (including phenoxy) is 1. The molecule has 7 nitrogen and oxygen atoms in total. The van der Waals surface area contributed by atoms with E-state index in [9.17, 15) is 9.18 Å². The van der Waals surface area contributed by atoms with Crippen LogP contribution in [0.3, 0.4) is 0 Å². The zero-order valence-electron chi connectivity index (χ0n) is 23.5. The molecule has 3 atom stereocenters. The number of benzene rings is 2. The van der Waals surface area contributed by atoms with Crippen molar-refractivity contribution in [1.29, 1.82) is 0 Å². The van der Waals surface area contributed by atoms with Crippen LogP contribution < -0.4 is 16.9 Å². The highest BCUT2D eigenvalue weighted by molar-refractivity contribution is 5.68. The van der Waals surface area contributed by atoms with E-state index >= 15 is 0 Å². The Hall–Kier alpha value is -3.10. The zero-order valence-corrected chi connectivity index (χ0v) is 23.5. The van der Waals surface area contributed by atoms with E-state index in [-0.39, 0.29) is 23.7 Å². The molecule has 1 saturated heterocycles. The lowest BCUT2D eigenvalue weighted by atomic mass is 9.64. The third kappa shape index (κ3) is 6.73. The number of nitrogens with zero attached hydrogens (tertiary/aromatic N) is 2. The maximum absolute atomic E-state index is 14.8.